The third-order valence-electron chi connectivity index (χ3n) is 2.80. The number of carbonyl (C=O) groups excluding carboxylic acids is 1. The Morgan fingerprint density at radius 3 is 2.67 bits per heavy atom. The lowest BCUT2D eigenvalue weighted by molar-refractivity contribution is -0.128. The maximum atomic E-state index is 12.2. The zero-order valence-corrected chi connectivity index (χ0v) is 12.1. The molecule has 0 unspecified atom stereocenters. The second-order valence-electron chi connectivity index (χ2n) is 4.27. The number of Topliss-reactive ketones (excluding diaryl/α,β-unsaturated/α-hetero) is 1. The maximum absolute atomic E-state index is 12.2. The summed E-state index contributed by atoms with van der Waals surface area (Å²) in [7, 11) is 0. The van der Waals surface area contributed by atoms with Crippen molar-refractivity contribution in [2.24, 2.45) is 0 Å². The molecule has 0 N–H and O–H groups in total. The highest BCUT2D eigenvalue weighted by Crippen LogP contribution is 2.32. The number of ketones is 1. The van der Waals surface area contributed by atoms with E-state index < -0.39 is 0 Å². The van der Waals surface area contributed by atoms with Crippen molar-refractivity contribution in [2.45, 2.75) is 30.6 Å². The highest BCUT2D eigenvalue weighted by molar-refractivity contribution is 8.18. The molecule has 4 heteroatoms. The van der Waals surface area contributed by atoms with Gasteiger partial charge in [-0.05, 0) is 30.4 Å². The summed E-state index contributed by atoms with van der Waals surface area (Å²) in [5, 5.41) is 0. The van der Waals surface area contributed by atoms with Crippen molar-refractivity contribution >= 4 is 29.3 Å². The summed E-state index contributed by atoms with van der Waals surface area (Å²) in [4.78, 5) is 12.2. The molecule has 0 aromatic heterocycles. The third-order valence-corrected chi connectivity index (χ3v) is 5.74. The van der Waals surface area contributed by atoms with Gasteiger partial charge in [-0.2, -0.15) is 0 Å². The fraction of sp³-hybridized carbons (Fsp3) is 0.500. The number of thioether (sulfide) groups is 2. The van der Waals surface area contributed by atoms with Crippen LogP contribution in [0.25, 0.3) is 0 Å². The average molecular weight is 282 g/mol. The molecule has 1 heterocycles. The zero-order chi connectivity index (χ0) is 12.8. The van der Waals surface area contributed by atoms with E-state index in [1.807, 2.05) is 37.3 Å². The molecule has 18 heavy (non-hydrogen) atoms. The summed E-state index contributed by atoms with van der Waals surface area (Å²) in [6.07, 6.45) is 0.895. The maximum Gasteiger partial charge on any atom is 0.184 e. The summed E-state index contributed by atoms with van der Waals surface area (Å²) < 4.78 is 5.74. The molecule has 1 saturated heterocycles. The summed E-state index contributed by atoms with van der Waals surface area (Å²) in [6, 6.07) is 9.98. The number of hydrogen-bond donors (Lipinski definition) is 0. The molecule has 0 saturated carbocycles. The molecule has 1 aromatic rings. The van der Waals surface area contributed by atoms with Gasteiger partial charge in [0.1, 0.15) is 10.7 Å². The van der Waals surface area contributed by atoms with Gasteiger partial charge in [0.2, 0.25) is 0 Å². The molecule has 0 spiro atoms. The monoisotopic (exact) mass is 282 g/mol. The van der Waals surface area contributed by atoms with Crippen LogP contribution in [0.3, 0.4) is 0 Å². The highest BCUT2D eigenvalue weighted by atomic mass is 32.2. The lowest BCUT2D eigenvalue weighted by atomic mass is 10.2. The molecular formula is C14H18O2S2. The number of hydrogen-bond acceptors (Lipinski definition) is 4. The molecule has 1 atom stereocenters. The lowest BCUT2D eigenvalue weighted by Gasteiger charge is -2.22. The molecule has 0 aliphatic carbocycles. The van der Waals surface area contributed by atoms with Crippen LogP contribution in [0.1, 0.15) is 18.9 Å². The normalized spacial score (nSPS) is 18.5. The van der Waals surface area contributed by atoms with Gasteiger partial charge in [0, 0.05) is 0 Å². The minimum atomic E-state index is -0.312. The molecule has 1 aliphatic heterocycles. The summed E-state index contributed by atoms with van der Waals surface area (Å²) in [5.74, 6) is 2.41. The Balaban J connectivity index is 1.80. The fourth-order valence-corrected chi connectivity index (χ4v) is 4.63. The number of ether oxygens (including phenoxy) is 1. The zero-order valence-electron chi connectivity index (χ0n) is 10.5. The summed E-state index contributed by atoms with van der Waals surface area (Å²) >= 11 is 3.51. The van der Waals surface area contributed by atoms with Crippen LogP contribution in [-0.4, -0.2) is 28.0 Å². The van der Waals surface area contributed by atoms with Crippen molar-refractivity contribution in [2.75, 3.05) is 11.5 Å². The van der Waals surface area contributed by atoms with E-state index >= 15 is 0 Å². The van der Waals surface area contributed by atoms with E-state index in [-0.39, 0.29) is 16.5 Å². The van der Waals surface area contributed by atoms with Gasteiger partial charge in [-0.25, -0.2) is 0 Å². The van der Waals surface area contributed by atoms with Crippen LogP contribution >= 0.6 is 23.5 Å². The van der Waals surface area contributed by atoms with Gasteiger partial charge in [-0.1, -0.05) is 30.3 Å². The van der Waals surface area contributed by atoms with Gasteiger partial charge < -0.3 is 4.74 Å². The molecule has 1 fully saturated rings. The van der Waals surface area contributed by atoms with Gasteiger partial charge in [0.25, 0.3) is 0 Å². The second-order valence-corrected chi connectivity index (χ2v) is 6.99. The van der Waals surface area contributed by atoms with Crippen LogP contribution in [0, 0.1) is 0 Å². The Morgan fingerprint density at radius 2 is 2.00 bits per heavy atom. The molecular weight excluding hydrogens is 264 g/mol. The number of benzene rings is 1. The third kappa shape index (κ3) is 4.04. The van der Waals surface area contributed by atoms with E-state index in [1.165, 1.54) is 6.42 Å². The van der Waals surface area contributed by atoms with Crippen molar-refractivity contribution in [1.29, 1.82) is 0 Å². The molecule has 2 rings (SSSR count). The van der Waals surface area contributed by atoms with E-state index in [9.17, 15) is 4.79 Å². The van der Waals surface area contributed by atoms with Crippen LogP contribution in [0.15, 0.2) is 30.3 Å². The van der Waals surface area contributed by atoms with Gasteiger partial charge in [-0.3, -0.25) is 4.79 Å². The molecule has 98 valence electrons. The van der Waals surface area contributed by atoms with Gasteiger partial charge >= 0.3 is 0 Å². The largest absolute Gasteiger partial charge is 0.366 e. The standard InChI is InChI=1S/C14H18O2S2/c1-11(13(15)14-17-8-5-9-18-14)16-10-12-6-3-2-4-7-12/h2-4,6-7,11,14H,5,8-10H2,1H3/t11-/m0/s1. The Labute approximate surface area is 117 Å². The summed E-state index contributed by atoms with van der Waals surface area (Å²) in [5.41, 5.74) is 1.11. The van der Waals surface area contributed by atoms with Gasteiger partial charge in [-0.15, -0.1) is 23.5 Å². The van der Waals surface area contributed by atoms with Crippen molar-refractivity contribution in [3.8, 4) is 0 Å². The minimum absolute atomic E-state index is 0.0736. The molecule has 1 aromatic carbocycles. The van der Waals surface area contributed by atoms with Crippen LogP contribution in [0.4, 0.5) is 0 Å². The quantitative estimate of drug-likeness (QED) is 0.827. The van der Waals surface area contributed by atoms with Crippen molar-refractivity contribution < 1.29 is 9.53 Å². The lowest BCUT2D eigenvalue weighted by Crippen LogP contribution is -2.30. The minimum Gasteiger partial charge on any atom is -0.366 e. The van der Waals surface area contributed by atoms with E-state index in [2.05, 4.69) is 0 Å². The first-order chi connectivity index (χ1) is 8.77. The smallest absolute Gasteiger partial charge is 0.184 e. The van der Waals surface area contributed by atoms with Crippen LogP contribution in [0.2, 0.25) is 0 Å². The number of rotatable bonds is 5. The Bertz CT molecular complexity index is 375. The Hall–Kier alpha value is -0.450. The van der Waals surface area contributed by atoms with E-state index in [4.69, 9.17) is 4.74 Å². The molecule has 1 aliphatic rings. The van der Waals surface area contributed by atoms with E-state index in [0.29, 0.717) is 6.61 Å². The Kier molecular flexibility index (Phi) is 5.60. The van der Waals surface area contributed by atoms with E-state index in [1.54, 1.807) is 23.5 Å². The van der Waals surface area contributed by atoms with Crippen LogP contribution in [-0.2, 0) is 16.1 Å². The molecule has 0 radical (unpaired) electrons. The number of carbonyl (C=O) groups is 1. The highest BCUT2D eigenvalue weighted by Gasteiger charge is 2.27. The molecule has 0 amide bonds. The van der Waals surface area contributed by atoms with Crippen molar-refractivity contribution in [3.63, 3.8) is 0 Å². The van der Waals surface area contributed by atoms with E-state index in [0.717, 1.165) is 17.1 Å². The summed E-state index contributed by atoms with van der Waals surface area (Å²) in [6.45, 7) is 2.37. The second kappa shape index (κ2) is 7.22. The first-order valence-corrected chi connectivity index (χ1v) is 8.29. The van der Waals surface area contributed by atoms with Crippen molar-refractivity contribution in [1.82, 2.24) is 0 Å². The van der Waals surface area contributed by atoms with Crippen molar-refractivity contribution in [3.05, 3.63) is 35.9 Å². The average Bonchev–Trinajstić information content (AvgIpc) is 2.46. The van der Waals surface area contributed by atoms with Crippen LogP contribution < -0.4 is 0 Å². The first kappa shape index (κ1) is 14.0. The van der Waals surface area contributed by atoms with Crippen LogP contribution in [0.5, 0.6) is 0 Å². The van der Waals surface area contributed by atoms with Gasteiger partial charge in [0.05, 0.1) is 6.61 Å². The SMILES string of the molecule is C[C@H](OCc1ccccc1)C(=O)C1SCCCS1. The predicted octanol–water partition coefficient (Wildman–Crippen LogP) is 3.36. The predicted molar refractivity (Wildman–Crippen MR) is 79.0 cm³/mol. The first-order valence-electron chi connectivity index (χ1n) is 6.20. The molecule has 2 nitrogen and oxygen atoms in total. The topological polar surface area (TPSA) is 26.3 Å². The Morgan fingerprint density at radius 1 is 1.33 bits per heavy atom. The molecule has 0 bridgehead atoms. The van der Waals surface area contributed by atoms with Gasteiger partial charge in [0.15, 0.2) is 5.78 Å². The fourth-order valence-electron chi connectivity index (χ4n) is 1.72.